The van der Waals surface area contributed by atoms with Gasteiger partial charge in [-0.1, -0.05) is 13.8 Å². The summed E-state index contributed by atoms with van der Waals surface area (Å²) in [7, 11) is 0. The highest BCUT2D eigenvalue weighted by Gasteiger charge is 2.32. The number of H-pyrrole nitrogens is 1. The van der Waals surface area contributed by atoms with Gasteiger partial charge in [0.05, 0.1) is 18.5 Å². The predicted molar refractivity (Wildman–Crippen MR) is 119 cm³/mol. The number of aromatic nitrogens is 2. The van der Waals surface area contributed by atoms with Crippen molar-refractivity contribution in [3.05, 3.63) is 18.2 Å². The van der Waals surface area contributed by atoms with Gasteiger partial charge >= 0.3 is 5.97 Å². The van der Waals surface area contributed by atoms with Gasteiger partial charge < -0.3 is 36.9 Å². The average Bonchev–Trinajstić information content (AvgIpc) is 3.22. The quantitative estimate of drug-likeness (QED) is 0.153. The van der Waals surface area contributed by atoms with Gasteiger partial charge in [0, 0.05) is 24.1 Å². The van der Waals surface area contributed by atoms with Crippen LogP contribution in [0.2, 0.25) is 0 Å². The zero-order valence-corrected chi connectivity index (χ0v) is 19.1. The highest BCUT2D eigenvalue weighted by atomic mass is 32.1. The second kappa shape index (κ2) is 13.0. The molecule has 1 heterocycles. The predicted octanol–water partition coefficient (Wildman–Crippen LogP) is -1.82. The summed E-state index contributed by atoms with van der Waals surface area (Å²) in [6.45, 7) is 4.95. The van der Waals surface area contributed by atoms with Crippen molar-refractivity contribution in [3.63, 3.8) is 0 Å². The summed E-state index contributed by atoms with van der Waals surface area (Å²) >= 11 is 3.92. The van der Waals surface area contributed by atoms with Crippen LogP contribution < -0.4 is 21.7 Å². The van der Waals surface area contributed by atoms with E-state index in [-0.39, 0.29) is 24.5 Å². The van der Waals surface area contributed by atoms with Crippen molar-refractivity contribution in [1.29, 1.82) is 0 Å². The number of carbonyl (C=O) groups is 4. The molecule has 0 radical (unpaired) electrons. The number of carboxylic acids is 1. The van der Waals surface area contributed by atoms with E-state index in [1.165, 1.54) is 19.4 Å². The molecule has 180 valence electrons. The number of aromatic amines is 1. The highest BCUT2D eigenvalue weighted by Crippen LogP contribution is 2.08. The first-order valence-electron chi connectivity index (χ1n) is 10.1. The third-order valence-corrected chi connectivity index (χ3v) is 4.92. The van der Waals surface area contributed by atoms with Crippen LogP contribution in [-0.4, -0.2) is 79.9 Å². The zero-order valence-electron chi connectivity index (χ0n) is 18.2. The number of nitrogens with two attached hydrogens (primary N) is 1. The second-order valence-corrected chi connectivity index (χ2v) is 8.25. The van der Waals surface area contributed by atoms with Crippen LogP contribution in [0.4, 0.5) is 0 Å². The average molecular weight is 473 g/mol. The lowest BCUT2D eigenvalue weighted by Crippen LogP contribution is -2.60. The van der Waals surface area contributed by atoms with Crippen LogP contribution in [0, 0.1) is 5.92 Å². The summed E-state index contributed by atoms with van der Waals surface area (Å²) in [5.41, 5.74) is 6.10. The van der Waals surface area contributed by atoms with Gasteiger partial charge in [0.15, 0.2) is 0 Å². The van der Waals surface area contributed by atoms with Crippen molar-refractivity contribution in [2.24, 2.45) is 11.7 Å². The smallest absolute Gasteiger partial charge is 0.326 e. The summed E-state index contributed by atoms with van der Waals surface area (Å²) in [6, 6.07) is -4.70. The molecule has 0 aliphatic heterocycles. The number of thiol groups is 1. The summed E-state index contributed by atoms with van der Waals surface area (Å²) < 4.78 is 0. The molecular weight excluding hydrogens is 440 g/mol. The molecule has 1 aromatic heterocycles. The van der Waals surface area contributed by atoms with Crippen LogP contribution in [-0.2, 0) is 25.6 Å². The lowest BCUT2D eigenvalue weighted by molar-refractivity contribution is -0.142. The molecule has 0 fully saturated rings. The number of hydrogen-bond acceptors (Lipinski definition) is 8. The summed E-state index contributed by atoms with van der Waals surface area (Å²) in [5.74, 6) is -3.44. The van der Waals surface area contributed by atoms with E-state index in [9.17, 15) is 29.4 Å². The lowest BCUT2D eigenvalue weighted by Gasteiger charge is -2.27. The molecule has 5 atom stereocenters. The Kier molecular flexibility index (Phi) is 11.2. The number of rotatable bonds is 13. The normalized spacial score (nSPS) is 15.8. The molecule has 3 amide bonds. The van der Waals surface area contributed by atoms with Gasteiger partial charge in [0.2, 0.25) is 17.7 Å². The molecule has 12 nitrogen and oxygen atoms in total. The van der Waals surface area contributed by atoms with Crippen molar-refractivity contribution >= 4 is 36.3 Å². The largest absolute Gasteiger partial charge is 0.480 e. The van der Waals surface area contributed by atoms with Gasteiger partial charge in [-0.25, -0.2) is 9.78 Å². The first kappa shape index (κ1) is 27.4. The maximum atomic E-state index is 12.8. The molecule has 0 spiro atoms. The number of amides is 3. The lowest BCUT2D eigenvalue weighted by atomic mass is 10.0. The fourth-order valence-corrected chi connectivity index (χ4v) is 2.97. The maximum Gasteiger partial charge on any atom is 0.326 e. The van der Waals surface area contributed by atoms with Gasteiger partial charge in [0.25, 0.3) is 0 Å². The van der Waals surface area contributed by atoms with Gasteiger partial charge in [0.1, 0.15) is 18.1 Å². The van der Waals surface area contributed by atoms with Crippen molar-refractivity contribution in [1.82, 2.24) is 25.9 Å². The maximum absolute atomic E-state index is 12.8. The minimum Gasteiger partial charge on any atom is -0.480 e. The third-order valence-electron chi connectivity index (χ3n) is 4.53. The molecule has 0 aliphatic carbocycles. The number of imidazole rings is 1. The molecule has 13 heteroatoms. The van der Waals surface area contributed by atoms with Gasteiger partial charge in [-0.05, 0) is 19.3 Å². The topological polar surface area (TPSA) is 200 Å². The SMILES string of the molecule is CC(C)CC(NC(=O)C(NC(=O)C(N)CS)C(C)O)C(=O)NC(Cc1cnc[nH]1)C(=O)O. The molecular formula is C19H32N6O6S. The summed E-state index contributed by atoms with van der Waals surface area (Å²) in [5, 5.41) is 26.7. The molecule has 5 unspecified atom stereocenters. The Morgan fingerprint density at radius 1 is 1.09 bits per heavy atom. The Morgan fingerprint density at radius 3 is 2.19 bits per heavy atom. The van der Waals surface area contributed by atoms with Crippen LogP contribution in [0.25, 0.3) is 0 Å². The molecule has 0 aromatic carbocycles. The van der Waals surface area contributed by atoms with E-state index in [1.54, 1.807) is 0 Å². The van der Waals surface area contributed by atoms with Crippen molar-refractivity contribution in [3.8, 4) is 0 Å². The van der Waals surface area contributed by atoms with Crippen LogP contribution >= 0.6 is 12.6 Å². The fourth-order valence-electron chi connectivity index (χ4n) is 2.80. The van der Waals surface area contributed by atoms with Gasteiger partial charge in [-0.15, -0.1) is 0 Å². The van der Waals surface area contributed by atoms with Crippen molar-refractivity contribution in [2.45, 2.75) is 63.9 Å². The van der Waals surface area contributed by atoms with E-state index in [0.717, 1.165) is 0 Å². The minimum atomic E-state index is -1.36. The monoisotopic (exact) mass is 472 g/mol. The number of nitrogens with one attached hydrogen (secondary N) is 4. The number of aliphatic carboxylic acids is 1. The first-order valence-corrected chi connectivity index (χ1v) is 10.7. The van der Waals surface area contributed by atoms with Crippen LogP contribution in [0.15, 0.2) is 12.5 Å². The number of hydrogen-bond donors (Lipinski definition) is 8. The number of carbonyl (C=O) groups excluding carboxylic acids is 3. The molecule has 1 rings (SSSR count). The van der Waals surface area contributed by atoms with E-state index < -0.39 is 54.0 Å². The molecule has 0 saturated carbocycles. The molecule has 0 bridgehead atoms. The van der Waals surface area contributed by atoms with E-state index in [2.05, 4.69) is 38.5 Å². The standard InChI is InChI=1S/C19H32N6O6S/c1-9(2)4-13(17(28)24-14(19(30)31)5-11-6-21-8-22-11)23-18(29)15(10(3)26)25-16(27)12(20)7-32/h6,8-10,12-15,26,32H,4-5,7,20H2,1-3H3,(H,21,22)(H,23,29)(H,24,28)(H,25,27)(H,30,31). The molecule has 0 aliphatic rings. The summed E-state index contributed by atoms with van der Waals surface area (Å²) in [6.07, 6.45) is 1.73. The molecule has 0 saturated heterocycles. The Bertz CT molecular complexity index is 772. The summed E-state index contributed by atoms with van der Waals surface area (Å²) in [4.78, 5) is 55.8. The number of carboxylic acid groups (broad SMARTS) is 1. The van der Waals surface area contributed by atoms with E-state index in [0.29, 0.717) is 5.69 Å². The minimum absolute atomic E-state index is 0.0286. The second-order valence-electron chi connectivity index (χ2n) is 7.89. The molecule has 32 heavy (non-hydrogen) atoms. The Balaban J connectivity index is 2.94. The van der Waals surface area contributed by atoms with E-state index >= 15 is 0 Å². The van der Waals surface area contributed by atoms with Gasteiger partial charge in [-0.2, -0.15) is 12.6 Å². The Morgan fingerprint density at radius 2 is 1.72 bits per heavy atom. The molecule has 1 aromatic rings. The first-order chi connectivity index (χ1) is 15.0. The fraction of sp³-hybridized carbons (Fsp3) is 0.632. The highest BCUT2D eigenvalue weighted by molar-refractivity contribution is 7.80. The number of aliphatic hydroxyl groups is 1. The van der Waals surface area contributed by atoms with Crippen molar-refractivity contribution < 1.29 is 29.4 Å². The van der Waals surface area contributed by atoms with Crippen molar-refractivity contribution in [2.75, 3.05) is 5.75 Å². The van der Waals surface area contributed by atoms with Crippen LogP contribution in [0.1, 0.15) is 32.9 Å². The number of nitrogens with zero attached hydrogens (tertiary/aromatic N) is 1. The number of aliphatic hydroxyl groups excluding tert-OH is 1. The van der Waals surface area contributed by atoms with Crippen LogP contribution in [0.3, 0.4) is 0 Å². The Hall–Kier alpha value is -2.64. The van der Waals surface area contributed by atoms with E-state index in [4.69, 9.17) is 5.73 Å². The van der Waals surface area contributed by atoms with Gasteiger partial charge in [-0.3, -0.25) is 14.4 Å². The Labute approximate surface area is 191 Å². The third kappa shape index (κ3) is 8.85. The van der Waals surface area contributed by atoms with Crippen LogP contribution in [0.5, 0.6) is 0 Å². The zero-order chi connectivity index (χ0) is 24.4. The van der Waals surface area contributed by atoms with E-state index in [1.807, 2.05) is 13.8 Å². The molecule has 8 N–H and O–H groups in total.